The van der Waals surface area contributed by atoms with E-state index >= 15 is 0 Å². The molecule has 2 aromatic carbocycles. The molecule has 7 nitrogen and oxygen atoms in total. The molecule has 4 rings (SSSR count). The average Bonchev–Trinajstić information content (AvgIpc) is 3.07. The topological polar surface area (TPSA) is 91.4 Å². The fourth-order valence-corrected chi connectivity index (χ4v) is 3.41. The van der Waals surface area contributed by atoms with Crippen LogP contribution in [-0.4, -0.2) is 22.4 Å². The number of hydrogen-bond acceptors (Lipinski definition) is 5. The lowest BCUT2D eigenvalue weighted by atomic mass is 10.1. The molecule has 4 aromatic rings. The van der Waals surface area contributed by atoms with Crippen molar-refractivity contribution in [3.05, 3.63) is 59.7 Å². The fraction of sp³-hybridized carbons (Fsp3) is 0.136. The van der Waals surface area contributed by atoms with Crippen molar-refractivity contribution in [2.24, 2.45) is 0 Å². The number of ether oxygens (including phenoxy) is 1. The molecule has 0 aliphatic heterocycles. The van der Waals surface area contributed by atoms with E-state index in [4.69, 9.17) is 4.74 Å². The Labute approximate surface area is 167 Å². The summed E-state index contributed by atoms with van der Waals surface area (Å²) in [7, 11) is 1.55. The van der Waals surface area contributed by atoms with Gasteiger partial charge in [0, 0.05) is 12.6 Å². The summed E-state index contributed by atoms with van der Waals surface area (Å²) in [6, 6.07) is 17.4. The van der Waals surface area contributed by atoms with Gasteiger partial charge in [0.2, 0.25) is 5.91 Å². The molecule has 0 unspecified atom stereocenters. The number of carbonyl (C=O) groups is 1. The molecular formula is C22H19N5O2. The molecule has 2 aromatic heterocycles. The molecule has 0 saturated carbocycles. The van der Waals surface area contributed by atoms with Crippen LogP contribution in [0.4, 0.5) is 17.2 Å². The second kappa shape index (κ2) is 7.17. The van der Waals surface area contributed by atoms with Gasteiger partial charge >= 0.3 is 0 Å². The van der Waals surface area contributed by atoms with Crippen LogP contribution in [0.15, 0.2) is 48.5 Å². The Morgan fingerprint density at radius 1 is 1.21 bits per heavy atom. The quantitative estimate of drug-likeness (QED) is 0.544. The van der Waals surface area contributed by atoms with Crippen molar-refractivity contribution in [3.8, 4) is 11.8 Å². The zero-order valence-corrected chi connectivity index (χ0v) is 16.3. The summed E-state index contributed by atoms with van der Waals surface area (Å²) in [5, 5.41) is 15.8. The Bertz CT molecular complexity index is 1300. The zero-order valence-electron chi connectivity index (χ0n) is 16.3. The normalized spacial score (nSPS) is 10.7. The summed E-state index contributed by atoms with van der Waals surface area (Å²) in [5.41, 5.74) is 5.02. The molecule has 0 atom stereocenters. The van der Waals surface area contributed by atoms with Crippen LogP contribution in [0, 0.1) is 18.3 Å². The largest absolute Gasteiger partial charge is 0.495 e. The van der Waals surface area contributed by atoms with Crippen molar-refractivity contribution in [2.75, 3.05) is 17.7 Å². The molecule has 1 amide bonds. The SMILES string of the molecule is COc1ccc(Nc2cc(C)c(C#N)c3nc4ccccc4n23)cc1NC(C)=O. The summed E-state index contributed by atoms with van der Waals surface area (Å²) in [4.78, 5) is 16.2. The van der Waals surface area contributed by atoms with E-state index in [0.717, 1.165) is 28.1 Å². The van der Waals surface area contributed by atoms with Gasteiger partial charge in [0.05, 0.1) is 29.4 Å². The van der Waals surface area contributed by atoms with Gasteiger partial charge in [-0.05, 0) is 48.9 Å². The Hall–Kier alpha value is -4.05. The number of anilines is 3. The second-order valence-corrected chi connectivity index (χ2v) is 6.68. The van der Waals surface area contributed by atoms with Gasteiger partial charge in [0.1, 0.15) is 17.6 Å². The molecule has 0 aliphatic rings. The first kappa shape index (κ1) is 18.3. The van der Waals surface area contributed by atoms with Gasteiger partial charge < -0.3 is 15.4 Å². The Morgan fingerprint density at radius 2 is 2.00 bits per heavy atom. The summed E-state index contributed by atoms with van der Waals surface area (Å²) in [6.07, 6.45) is 0. The molecule has 29 heavy (non-hydrogen) atoms. The van der Waals surface area contributed by atoms with E-state index in [1.165, 1.54) is 6.92 Å². The molecule has 2 N–H and O–H groups in total. The summed E-state index contributed by atoms with van der Waals surface area (Å²) >= 11 is 0. The van der Waals surface area contributed by atoms with Gasteiger partial charge in [-0.3, -0.25) is 9.20 Å². The molecule has 0 radical (unpaired) electrons. The number of aromatic nitrogens is 2. The Kier molecular flexibility index (Phi) is 4.53. The number of pyridine rings is 1. The third kappa shape index (κ3) is 3.21. The van der Waals surface area contributed by atoms with Crippen molar-refractivity contribution < 1.29 is 9.53 Å². The number of benzene rings is 2. The second-order valence-electron chi connectivity index (χ2n) is 6.68. The number of methoxy groups -OCH3 is 1. The maximum absolute atomic E-state index is 11.5. The van der Waals surface area contributed by atoms with Crippen LogP contribution in [0.1, 0.15) is 18.1 Å². The minimum atomic E-state index is -0.183. The van der Waals surface area contributed by atoms with Crippen LogP contribution in [0.2, 0.25) is 0 Å². The number of imidazole rings is 1. The third-order valence-corrected chi connectivity index (χ3v) is 4.67. The van der Waals surface area contributed by atoms with Gasteiger partial charge in [0.25, 0.3) is 0 Å². The highest BCUT2D eigenvalue weighted by molar-refractivity contribution is 5.91. The molecule has 0 aliphatic carbocycles. The maximum atomic E-state index is 11.5. The molecule has 0 saturated heterocycles. The fourth-order valence-electron chi connectivity index (χ4n) is 3.41. The van der Waals surface area contributed by atoms with Gasteiger partial charge in [-0.15, -0.1) is 0 Å². The Balaban J connectivity index is 1.89. The third-order valence-electron chi connectivity index (χ3n) is 4.67. The van der Waals surface area contributed by atoms with Crippen LogP contribution < -0.4 is 15.4 Å². The van der Waals surface area contributed by atoms with E-state index in [0.29, 0.717) is 22.6 Å². The van der Waals surface area contributed by atoms with E-state index in [1.807, 2.05) is 47.7 Å². The van der Waals surface area contributed by atoms with Crippen LogP contribution in [0.3, 0.4) is 0 Å². The number of nitrogens with one attached hydrogen (secondary N) is 2. The Morgan fingerprint density at radius 3 is 2.72 bits per heavy atom. The minimum Gasteiger partial charge on any atom is -0.495 e. The van der Waals surface area contributed by atoms with Crippen molar-refractivity contribution in [2.45, 2.75) is 13.8 Å². The monoisotopic (exact) mass is 385 g/mol. The van der Waals surface area contributed by atoms with Crippen LogP contribution in [-0.2, 0) is 4.79 Å². The van der Waals surface area contributed by atoms with Crippen molar-refractivity contribution in [1.82, 2.24) is 9.38 Å². The summed E-state index contributed by atoms with van der Waals surface area (Å²) in [5.74, 6) is 1.15. The van der Waals surface area contributed by atoms with E-state index in [-0.39, 0.29) is 5.91 Å². The molecule has 0 spiro atoms. The lowest BCUT2D eigenvalue weighted by Crippen LogP contribution is -2.08. The predicted molar refractivity (Wildman–Crippen MR) is 113 cm³/mol. The van der Waals surface area contributed by atoms with E-state index in [9.17, 15) is 10.1 Å². The molecule has 0 bridgehead atoms. The van der Waals surface area contributed by atoms with Crippen molar-refractivity contribution in [3.63, 3.8) is 0 Å². The van der Waals surface area contributed by atoms with Crippen LogP contribution in [0.25, 0.3) is 16.7 Å². The number of fused-ring (bicyclic) bond motifs is 3. The first-order valence-electron chi connectivity index (χ1n) is 9.05. The molecule has 0 fully saturated rings. The highest BCUT2D eigenvalue weighted by Gasteiger charge is 2.15. The van der Waals surface area contributed by atoms with Gasteiger partial charge in [-0.2, -0.15) is 5.26 Å². The number of aryl methyl sites for hydroxylation is 1. The highest BCUT2D eigenvalue weighted by Crippen LogP contribution is 2.32. The number of nitriles is 1. The zero-order chi connectivity index (χ0) is 20.5. The smallest absolute Gasteiger partial charge is 0.221 e. The number of hydrogen-bond donors (Lipinski definition) is 2. The van der Waals surface area contributed by atoms with Crippen molar-refractivity contribution >= 4 is 39.8 Å². The number of para-hydroxylation sites is 2. The standard InChI is InChI=1S/C22H19N5O2/c1-13-10-21(25-15-8-9-20(29-3)18(11-15)24-14(2)28)27-19-7-5-4-6-17(19)26-22(27)16(13)12-23/h4-11,25H,1-3H3,(H,24,28). The van der Waals surface area contributed by atoms with E-state index in [1.54, 1.807) is 19.2 Å². The van der Waals surface area contributed by atoms with Gasteiger partial charge in [-0.25, -0.2) is 4.98 Å². The minimum absolute atomic E-state index is 0.183. The first-order valence-corrected chi connectivity index (χ1v) is 9.05. The van der Waals surface area contributed by atoms with E-state index < -0.39 is 0 Å². The first-order chi connectivity index (χ1) is 14.0. The summed E-state index contributed by atoms with van der Waals surface area (Å²) in [6.45, 7) is 3.34. The van der Waals surface area contributed by atoms with Crippen molar-refractivity contribution in [1.29, 1.82) is 5.26 Å². The maximum Gasteiger partial charge on any atom is 0.221 e. The lowest BCUT2D eigenvalue weighted by molar-refractivity contribution is -0.114. The number of nitrogens with zero attached hydrogens (tertiary/aromatic N) is 3. The van der Waals surface area contributed by atoms with Crippen LogP contribution in [0.5, 0.6) is 5.75 Å². The predicted octanol–water partition coefficient (Wildman–Crippen LogP) is 4.38. The molecule has 2 heterocycles. The number of amides is 1. The van der Waals surface area contributed by atoms with Crippen LogP contribution >= 0.6 is 0 Å². The molecule has 144 valence electrons. The average molecular weight is 385 g/mol. The number of carbonyl (C=O) groups excluding carboxylic acids is 1. The number of rotatable bonds is 4. The summed E-state index contributed by atoms with van der Waals surface area (Å²) < 4.78 is 7.26. The lowest BCUT2D eigenvalue weighted by Gasteiger charge is -2.15. The van der Waals surface area contributed by atoms with Gasteiger partial charge in [0.15, 0.2) is 5.65 Å². The highest BCUT2D eigenvalue weighted by atomic mass is 16.5. The van der Waals surface area contributed by atoms with Gasteiger partial charge in [-0.1, -0.05) is 12.1 Å². The van der Waals surface area contributed by atoms with E-state index in [2.05, 4.69) is 21.7 Å². The molecular weight excluding hydrogens is 366 g/mol. The molecule has 7 heteroatoms.